The second-order valence-electron chi connectivity index (χ2n) is 4.00. The summed E-state index contributed by atoms with van der Waals surface area (Å²) >= 11 is 0. The first kappa shape index (κ1) is 14.4. The maximum absolute atomic E-state index is 12.0. The smallest absolute Gasteiger partial charge is 0.326 e. The SMILES string of the molecule is COC(=O)C1COCCN1S(=O)(=O)NC(C)C. The molecule has 100 valence electrons. The normalized spacial score (nSPS) is 22.7. The van der Waals surface area contributed by atoms with Gasteiger partial charge in [0.25, 0.3) is 10.2 Å². The fourth-order valence-electron chi connectivity index (χ4n) is 1.56. The molecule has 0 radical (unpaired) electrons. The quantitative estimate of drug-likeness (QED) is 0.667. The molecule has 1 atom stereocenters. The number of carbonyl (C=O) groups is 1. The number of nitrogens with one attached hydrogen (secondary N) is 1. The lowest BCUT2D eigenvalue weighted by atomic mass is 10.3. The summed E-state index contributed by atoms with van der Waals surface area (Å²) in [6, 6.07) is -1.15. The molecule has 1 heterocycles. The number of carbonyl (C=O) groups excluding carboxylic acids is 1. The van der Waals surface area contributed by atoms with E-state index in [9.17, 15) is 13.2 Å². The first-order chi connectivity index (χ1) is 7.88. The maximum atomic E-state index is 12.0. The molecule has 1 N–H and O–H groups in total. The highest BCUT2D eigenvalue weighted by atomic mass is 32.2. The Hall–Kier alpha value is -0.700. The van der Waals surface area contributed by atoms with Crippen LogP contribution in [0, 0.1) is 0 Å². The van der Waals surface area contributed by atoms with Crippen LogP contribution >= 0.6 is 0 Å². The molecule has 7 nitrogen and oxygen atoms in total. The zero-order valence-electron chi connectivity index (χ0n) is 10.2. The van der Waals surface area contributed by atoms with Crippen molar-refractivity contribution in [3.63, 3.8) is 0 Å². The Morgan fingerprint density at radius 3 is 2.71 bits per heavy atom. The van der Waals surface area contributed by atoms with E-state index in [-0.39, 0.29) is 25.8 Å². The standard InChI is InChI=1S/C9H18N2O5S/c1-7(2)10-17(13,14)11-4-5-16-6-8(11)9(12)15-3/h7-8,10H,4-6H2,1-3H3. The summed E-state index contributed by atoms with van der Waals surface area (Å²) in [5, 5.41) is 0. The van der Waals surface area contributed by atoms with Crippen LogP contribution in [0.5, 0.6) is 0 Å². The molecule has 0 aromatic rings. The number of esters is 1. The van der Waals surface area contributed by atoms with E-state index in [2.05, 4.69) is 9.46 Å². The number of methoxy groups -OCH3 is 1. The van der Waals surface area contributed by atoms with Crippen molar-refractivity contribution in [3.05, 3.63) is 0 Å². The first-order valence-corrected chi connectivity index (χ1v) is 6.77. The van der Waals surface area contributed by atoms with Crippen molar-refractivity contribution in [2.75, 3.05) is 26.9 Å². The molecule has 0 spiro atoms. The minimum absolute atomic E-state index is 0.0195. The monoisotopic (exact) mass is 266 g/mol. The lowest BCUT2D eigenvalue weighted by Crippen LogP contribution is -2.56. The average molecular weight is 266 g/mol. The van der Waals surface area contributed by atoms with Crippen molar-refractivity contribution in [3.8, 4) is 0 Å². The van der Waals surface area contributed by atoms with Crippen molar-refractivity contribution in [2.45, 2.75) is 25.9 Å². The number of rotatable bonds is 4. The van der Waals surface area contributed by atoms with Gasteiger partial charge in [0.15, 0.2) is 0 Å². The zero-order valence-corrected chi connectivity index (χ0v) is 11.0. The van der Waals surface area contributed by atoms with E-state index in [1.54, 1.807) is 13.8 Å². The minimum Gasteiger partial charge on any atom is -0.468 e. The maximum Gasteiger partial charge on any atom is 0.326 e. The highest BCUT2D eigenvalue weighted by Gasteiger charge is 2.38. The van der Waals surface area contributed by atoms with Gasteiger partial charge in [0.2, 0.25) is 0 Å². The van der Waals surface area contributed by atoms with Gasteiger partial charge in [-0.25, -0.2) is 0 Å². The summed E-state index contributed by atoms with van der Waals surface area (Å²) in [6.07, 6.45) is 0. The van der Waals surface area contributed by atoms with Gasteiger partial charge in [-0.1, -0.05) is 0 Å². The molecular weight excluding hydrogens is 248 g/mol. The molecular formula is C9H18N2O5S. The van der Waals surface area contributed by atoms with Crippen LogP contribution in [-0.4, -0.2) is 57.6 Å². The third kappa shape index (κ3) is 3.63. The molecule has 8 heteroatoms. The number of morpholine rings is 1. The van der Waals surface area contributed by atoms with Crippen molar-refractivity contribution in [1.82, 2.24) is 9.03 Å². The Morgan fingerprint density at radius 1 is 1.53 bits per heavy atom. The minimum atomic E-state index is -3.68. The predicted molar refractivity (Wildman–Crippen MR) is 60.5 cm³/mol. The van der Waals surface area contributed by atoms with Gasteiger partial charge in [0.1, 0.15) is 6.04 Å². The summed E-state index contributed by atoms with van der Waals surface area (Å²) in [4.78, 5) is 11.5. The van der Waals surface area contributed by atoms with E-state index in [4.69, 9.17) is 4.74 Å². The highest BCUT2D eigenvalue weighted by Crippen LogP contribution is 2.13. The Balaban J connectivity index is 2.88. The van der Waals surface area contributed by atoms with Gasteiger partial charge >= 0.3 is 5.97 Å². The Kier molecular flexibility index (Phi) is 4.87. The van der Waals surface area contributed by atoms with Crippen LogP contribution in [0.3, 0.4) is 0 Å². The molecule has 1 saturated heterocycles. The Bertz CT molecular complexity index is 368. The van der Waals surface area contributed by atoms with Crippen LogP contribution < -0.4 is 4.72 Å². The zero-order chi connectivity index (χ0) is 13.1. The van der Waals surface area contributed by atoms with Gasteiger partial charge in [-0.3, -0.25) is 4.79 Å². The van der Waals surface area contributed by atoms with E-state index in [0.29, 0.717) is 0 Å². The van der Waals surface area contributed by atoms with Gasteiger partial charge in [-0.2, -0.15) is 17.4 Å². The third-order valence-corrected chi connectivity index (χ3v) is 4.07. The molecule has 1 rings (SSSR count). The van der Waals surface area contributed by atoms with Gasteiger partial charge in [-0.05, 0) is 13.8 Å². The fraction of sp³-hybridized carbons (Fsp3) is 0.889. The summed E-state index contributed by atoms with van der Waals surface area (Å²) in [6.45, 7) is 3.86. The fourth-order valence-corrected chi connectivity index (χ4v) is 3.09. The summed E-state index contributed by atoms with van der Waals surface area (Å²) in [5.74, 6) is -0.612. The van der Waals surface area contributed by atoms with Crippen LogP contribution in [-0.2, 0) is 24.5 Å². The average Bonchev–Trinajstić information content (AvgIpc) is 2.26. The molecule has 0 saturated carbocycles. The van der Waals surface area contributed by atoms with E-state index in [1.807, 2.05) is 0 Å². The van der Waals surface area contributed by atoms with Crippen molar-refractivity contribution < 1.29 is 22.7 Å². The highest BCUT2D eigenvalue weighted by molar-refractivity contribution is 7.87. The molecule has 0 amide bonds. The Morgan fingerprint density at radius 2 is 2.18 bits per heavy atom. The van der Waals surface area contributed by atoms with E-state index in [0.717, 1.165) is 4.31 Å². The largest absolute Gasteiger partial charge is 0.468 e. The van der Waals surface area contributed by atoms with Gasteiger partial charge in [0.05, 0.1) is 20.3 Å². The first-order valence-electron chi connectivity index (χ1n) is 5.33. The topological polar surface area (TPSA) is 84.9 Å². The second kappa shape index (κ2) is 5.76. The number of ether oxygens (including phenoxy) is 2. The summed E-state index contributed by atoms with van der Waals surface area (Å²) in [5.41, 5.74) is 0. The van der Waals surface area contributed by atoms with Crippen molar-refractivity contribution >= 4 is 16.2 Å². The Labute approximate surface area is 101 Å². The predicted octanol–water partition coefficient (Wildman–Crippen LogP) is -0.897. The summed E-state index contributed by atoms with van der Waals surface area (Å²) < 4.78 is 37.1. The van der Waals surface area contributed by atoms with E-state index >= 15 is 0 Å². The molecule has 17 heavy (non-hydrogen) atoms. The second-order valence-corrected chi connectivity index (χ2v) is 5.66. The number of hydrogen-bond acceptors (Lipinski definition) is 5. The molecule has 1 unspecified atom stereocenters. The molecule has 0 aromatic carbocycles. The van der Waals surface area contributed by atoms with Crippen LogP contribution in [0.1, 0.15) is 13.8 Å². The van der Waals surface area contributed by atoms with Gasteiger partial charge < -0.3 is 9.47 Å². The van der Waals surface area contributed by atoms with Gasteiger partial charge in [0, 0.05) is 12.6 Å². The molecule has 0 bridgehead atoms. The third-order valence-electron chi connectivity index (χ3n) is 2.25. The molecule has 1 fully saturated rings. The van der Waals surface area contributed by atoms with E-state index in [1.165, 1.54) is 7.11 Å². The van der Waals surface area contributed by atoms with Crippen molar-refractivity contribution in [1.29, 1.82) is 0 Å². The van der Waals surface area contributed by atoms with Crippen molar-refractivity contribution in [2.24, 2.45) is 0 Å². The summed E-state index contributed by atoms with van der Waals surface area (Å²) in [7, 11) is -2.46. The van der Waals surface area contributed by atoms with Crippen LogP contribution in [0.4, 0.5) is 0 Å². The number of nitrogens with zero attached hydrogens (tertiary/aromatic N) is 1. The lowest BCUT2D eigenvalue weighted by molar-refractivity contribution is -0.149. The van der Waals surface area contributed by atoms with Crippen LogP contribution in [0.25, 0.3) is 0 Å². The lowest BCUT2D eigenvalue weighted by Gasteiger charge is -2.33. The van der Waals surface area contributed by atoms with E-state index < -0.39 is 22.2 Å². The van der Waals surface area contributed by atoms with Crippen LogP contribution in [0.2, 0.25) is 0 Å². The number of hydrogen-bond donors (Lipinski definition) is 1. The van der Waals surface area contributed by atoms with Crippen LogP contribution in [0.15, 0.2) is 0 Å². The molecule has 1 aliphatic heterocycles. The molecule has 1 aliphatic rings. The molecule has 0 aromatic heterocycles. The molecule has 0 aliphatic carbocycles. The van der Waals surface area contributed by atoms with Gasteiger partial charge in [-0.15, -0.1) is 0 Å².